The molecule has 0 unspecified atom stereocenters. The maximum atomic E-state index is 12.2. The van der Waals surface area contributed by atoms with E-state index in [9.17, 15) is 9.59 Å². The van der Waals surface area contributed by atoms with E-state index in [1.165, 1.54) is 23.2 Å². The number of carbonyl (C=O) groups excluding carboxylic acids is 2. The van der Waals surface area contributed by atoms with E-state index in [0.717, 1.165) is 5.56 Å². The molecule has 0 N–H and O–H groups in total. The molecule has 1 aromatic heterocycles. The third-order valence-electron chi connectivity index (χ3n) is 3.72. The lowest BCUT2D eigenvalue weighted by Gasteiger charge is -2.18. The Kier molecular flexibility index (Phi) is 5.88. The fourth-order valence-electron chi connectivity index (χ4n) is 2.50. The van der Waals surface area contributed by atoms with Gasteiger partial charge in [0.05, 0.1) is 16.9 Å². The highest BCUT2D eigenvalue weighted by Crippen LogP contribution is 2.30. The largest absolute Gasteiger partial charge is 0.456 e. The summed E-state index contributed by atoms with van der Waals surface area (Å²) in [5, 5.41) is 2.79. The van der Waals surface area contributed by atoms with E-state index in [1.54, 1.807) is 41.8 Å². The van der Waals surface area contributed by atoms with Gasteiger partial charge in [-0.3, -0.25) is 9.69 Å². The Morgan fingerprint density at radius 1 is 1.19 bits per heavy atom. The summed E-state index contributed by atoms with van der Waals surface area (Å²) >= 11 is 7.32. The van der Waals surface area contributed by atoms with Crippen LogP contribution in [0, 0.1) is 6.92 Å². The van der Waals surface area contributed by atoms with Crippen LogP contribution in [0.2, 0.25) is 5.02 Å². The maximum Gasteiger partial charge on any atom is 0.338 e. The topological polar surface area (TPSA) is 59.5 Å². The number of aryl methyl sites for hydroxylation is 1. The molecular weight excluding hydrogens is 384 g/mol. The first kappa shape index (κ1) is 19.1. The first-order chi connectivity index (χ1) is 12.9. The molecule has 138 valence electrons. The first-order valence-electron chi connectivity index (χ1n) is 8.18. The van der Waals surface area contributed by atoms with Gasteiger partial charge < -0.3 is 4.74 Å². The van der Waals surface area contributed by atoms with Gasteiger partial charge in [0.1, 0.15) is 6.61 Å². The summed E-state index contributed by atoms with van der Waals surface area (Å²) < 4.78 is 5.33. The second-order valence-corrected chi connectivity index (χ2v) is 7.17. The minimum Gasteiger partial charge on any atom is -0.456 e. The Bertz CT molecular complexity index is 987. The minimum absolute atomic E-state index is 0.0323. The van der Waals surface area contributed by atoms with Gasteiger partial charge in [-0.1, -0.05) is 35.4 Å². The van der Waals surface area contributed by atoms with Crippen molar-refractivity contribution in [2.75, 3.05) is 4.90 Å². The van der Waals surface area contributed by atoms with Crippen LogP contribution in [-0.2, 0) is 16.1 Å². The number of anilines is 2. The van der Waals surface area contributed by atoms with Crippen molar-refractivity contribution in [3.8, 4) is 0 Å². The molecule has 1 amide bonds. The lowest BCUT2D eigenvalue weighted by Crippen LogP contribution is -2.22. The molecule has 0 bridgehead atoms. The zero-order chi connectivity index (χ0) is 19.4. The van der Waals surface area contributed by atoms with Crippen molar-refractivity contribution in [2.45, 2.75) is 20.5 Å². The number of amides is 1. The molecule has 0 spiro atoms. The van der Waals surface area contributed by atoms with Gasteiger partial charge in [0.25, 0.3) is 0 Å². The number of rotatable bonds is 5. The Hall–Kier alpha value is -2.70. The lowest BCUT2D eigenvalue weighted by atomic mass is 10.1. The van der Waals surface area contributed by atoms with E-state index in [0.29, 0.717) is 27.1 Å². The summed E-state index contributed by atoms with van der Waals surface area (Å²) in [7, 11) is 0. The molecular formula is C20H17ClN2O3S. The molecule has 2 aromatic carbocycles. The van der Waals surface area contributed by atoms with Gasteiger partial charge in [-0.2, -0.15) is 0 Å². The molecule has 1 heterocycles. The quantitative estimate of drug-likeness (QED) is 0.556. The van der Waals surface area contributed by atoms with Gasteiger partial charge in [0.15, 0.2) is 5.13 Å². The summed E-state index contributed by atoms with van der Waals surface area (Å²) in [5.41, 5.74) is 2.69. The average Bonchev–Trinajstić information content (AvgIpc) is 3.08. The van der Waals surface area contributed by atoms with Crippen LogP contribution in [0.25, 0.3) is 0 Å². The third-order valence-corrected chi connectivity index (χ3v) is 4.83. The van der Waals surface area contributed by atoms with Crippen LogP contribution in [0.5, 0.6) is 0 Å². The number of thiazole rings is 1. The predicted molar refractivity (Wildman–Crippen MR) is 107 cm³/mol. The summed E-state index contributed by atoms with van der Waals surface area (Å²) in [6, 6.07) is 14.2. The van der Waals surface area contributed by atoms with Gasteiger partial charge >= 0.3 is 5.97 Å². The van der Waals surface area contributed by atoms with Crippen molar-refractivity contribution in [3.63, 3.8) is 0 Å². The summed E-state index contributed by atoms with van der Waals surface area (Å²) in [4.78, 5) is 30.2. The van der Waals surface area contributed by atoms with Crippen molar-refractivity contribution in [1.29, 1.82) is 0 Å². The van der Waals surface area contributed by atoms with E-state index in [1.807, 2.05) is 19.1 Å². The number of nitrogens with zero attached hydrogens (tertiary/aromatic N) is 2. The molecule has 0 aliphatic carbocycles. The fourth-order valence-corrected chi connectivity index (χ4v) is 3.56. The smallest absolute Gasteiger partial charge is 0.338 e. The van der Waals surface area contributed by atoms with Gasteiger partial charge in [0, 0.05) is 17.3 Å². The Labute approximate surface area is 166 Å². The van der Waals surface area contributed by atoms with Crippen LogP contribution < -0.4 is 4.90 Å². The van der Waals surface area contributed by atoms with Crippen molar-refractivity contribution in [1.82, 2.24) is 4.98 Å². The van der Waals surface area contributed by atoms with E-state index >= 15 is 0 Å². The fraction of sp³-hybridized carbons (Fsp3) is 0.150. The third kappa shape index (κ3) is 4.72. The van der Waals surface area contributed by atoms with Crippen LogP contribution in [0.1, 0.15) is 28.5 Å². The molecule has 3 aromatic rings. The van der Waals surface area contributed by atoms with Gasteiger partial charge in [0.2, 0.25) is 5.91 Å². The molecule has 0 saturated heterocycles. The minimum atomic E-state index is -0.411. The normalized spacial score (nSPS) is 10.5. The number of hydrogen-bond donors (Lipinski definition) is 0. The molecule has 0 radical (unpaired) electrons. The molecule has 0 saturated carbocycles. The highest BCUT2D eigenvalue weighted by atomic mass is 35.5. The van der Waals surface area contributed by atoms with Crippen molar-refractivity contribution >= 4 is 45.6 Å². The molecule has 0 atom stereocenters. The monoisotopic (exact) mass is 400 g/mol. The van der Waals surface area contributed by atoms with Gasteiger partial charge in [-0.15, -0.1) is 11.3 Å². The second kappa shape index (κ2) is 8.33. The zero-order valence-corrected chi connectivity index (χ0v) is 16.4. The summed E-state index contributed by atoms with van der Waals surface area (Å²) in [5.74, 6) is -0.596. The van der Waals surface area contributed by atoms with Crippen LogP contribution in [0.15, 0.2) is 53.9 Å². The number of aromatic nitrogens is 1. The van der Waals surface area contributed by atoms with E-state index < -0.39 is 5.97 Å². The number of ether oxygens (including phenoxy) is 1. The van der Waals surface area contributed by atoms with Crippen molar-refractivity contribution in [3.05, 3.63) is 75.8 Å². The van der Waals surface area contributed by atoms with Crippen LogP contribution in [0.4, 0.5) is 10.8 Å². The standard InChI is InChI=1S/C20H17ClN2O3S/c1-13-5-3-6-15(9-13)19(25)26-11-17-12-27-20(22-17)23(14(2)24)18-8-4-7-16(21)10-18/h3-10,12H,11H2,1-2H3. The molecule has 0 aliphatic heterocycles. The second-order valence-electron chi connectivity index (χ2n) is 5.90. The molecule has 5 nitrogen and oxygen atoms in total. The Morgan fingerprint density at radius 2 is 1.96 bits per heavy atom. The predicted octanol–water partition coefficient (Wildman–Crippen LogP) is 5.15. The average molecular weight is 401 g/mol. The van der Waals surface area contributed by atoms with E-state index in [-0.39, 0.29) is 12.5 Å². The van der Waals surface area contributed by atoms with Gasteiger partial charge in [-0.25, -0.2) is 9.78 Å². The van der Waals surface area contributed by atoms with Crippen LogP contribution in [0.3, 0.4) is 0 Å². The Morgan fingerprint density at radius 3 is 2.67 bits per heavy atom. The van der Waals surface area contributed by atoms with Gasteiger partial charge in [-0.05, 0) is 37.3 Å². The number of halogens is 1. The molecule has 0 aliphatic rings. The van der Waals surface area contributed by atoms with Crippen molar-refractivity contribution in [2.24, 2.45) is 0 Å². The Balaban J connectivity index is 1.73. The summed E-state index contributed by atoms with van der Waals surface area (Å²) in [6.07, 6.45) is 0. The SMILES string of the molecule is CC(=O)N(c1cccc(Cl)c1)c1nc(COC(=O)c2cccc(C)c2)cs1. The number of hydrogen-bond acceptors (Lipinski definition) is 5. The maximum absolute atomic E-state index is 12.2. The molecule has 0 fully saturated rings. The van der Waals surface area contributed by atoms with Crippen molar-refractivity contribution < 1.29 is 14.3 Å². The van der Waals surface area contributed by atoms with Crippen LogP contribution in [-0.4, -0.2) is 16.9 Å². The van der Waals surface area contributed by atoms with Crippen LogP contribution >= 0.6 is 22.9 Å². The first-order valence-corrected chi connectivity index (χ1v) is 9.44. The van der Waals surface area contributed by atoms with E-state index in [2.05, 4.69) is 4.98 Å². The number of benzene rings is 2. The lowest BCUT2D eigenvalue weighted by molar-refractivity contribution is -0.115. The number of esters is 1. The summed E-state index contributed by atoms with van der Waals surface area (Å²) in [6.45, 7) is 3.40. The van der Waals surface area contributed by atoms with E-state index in [4.69, 9.17) is 16.3 Å². The molecule has 7 heteroatoms. The number of carbonyl (C=O) groups is 2. The molecule has 27 heavy (non-hydrogen) atoms. The molecule has 3 rings (SSSR count). The zero-order valence-electron chi connectivity index (χ0n) is 14.8. The highest BCUT2D eigenvalue weighted by Gasteiger charge is 2.19. The highest BCUT2D eigenvalue weighted by molar-refractivity contribution is 7.14.